The van der Waals surface area contributed by atoms with Gasteiger partial charge >= 0.3 is 6.18 Å². The van der Waals surface area contributed by atoms with Gasteiger partial charge in [-0.25, -0.2) is 0 Å². The van der Waals surface area contributed by atoms with Gasteiger partial charge in [0.1, 0.15) is 13.2 Å². The van der Waals surface area contributed by atoms with Crippen LogP contribution in [0.2, 0.25) is 0 Å². The smallest absolute Gasteiger partial charge is 0.358 e. The molecular weight excluding hydrogens is 259 g/mol. The molecule has 0 bridgehead atoms. The average Bonchev–Trinajstić information content (AvgIpc) is 2.27. The van der Waals surface area contributed by atoms with Gasteiger partial charge in [-0.1, -0.05) is 18.2 Å². The monoisotopic (exact) mass is 275 g/mol. The van der Waals surface area contributed by atoms with Crippen molar-refractivity contribution in [2.75, 3.05) is 11.6 Å². The highest BCUT2D eigenvalue weighted by molar-refractivity contribution is 5.93. The van der Waals surface area contributed by atoms with Crippen LogP contribution < -0.4 is 4.90 Å². The average molecular weight is 275 g/mol. The zero-order valence-corrected chi connectivity index (χ0v) is 10.8. The van der Waals surface area contributed by atoms with E-state index in [1.807, 2.05) is 0 Å². The normalized spacial score (nSPS) is 11.7. The van der Waals surface area contributed by atoms with Crippen LogP contribution in [0, 0.1) is 0 Å². The van der Waals surface area contributed by atoms with Crippen molar-refractivity contribution in [1.82, 2.24) is 0 Å². The molecule has 19 heavy (non-hydrogen) atoms. The van der Waals surface area contributed by atoms with E-state index in [0.717, 1.165) is 4.90 Å². The second kappa shape index (κ2) is 6.56. The summed E-state index contributed by atoms with van der Waals surface area (Å²) in [5.74, 6) is -1.03. The first-order valence-corrected chi connectivity index (χ1v) is 5.83. The molecule has 0 aliphatic heterocycles. The number of carbonyl (C=O) groups excluding carboxylic acids is 1. The molecule has 6 heteroatoms. The minimum Gasteiger partial charge on any atom is -0.358 e. The molecular formula is C13H16F3NO2. The summed E-state index contributed by atoms with van der Waals surface area (Å²) in [5.41, 5.74) is 0.386. The summed E-state index contributed by atoms with van der Waals surface area (Å²) in [6.45, 7) is 3.30. The molecule has 106 valence electrons. The zero-order valence-electron chi connectivity index (χ0n) is 10.8. The summed E-state index contributed by atoms with van der Waals surface area (Å²) >= 11 is 0. The quantitative estimate of drug-likeness (QED) is 0.771. The molecule has 3 nitrogen and oxygen atoms in total. The van der Waals surface area contributed by atoms with E-state index in [2.05, 4.69) is 0 Å². The lowest BCUT2D eigenvalue weighted by atomic mass is 10.2. The molecule has 0 aliphatic rings. The van der Waals surface area contributed by atoms with Crippen LogP contribution >= 0.6 is 0 Å². The Hall–Kier alpha value is -1.56. The third-order valence-electron chi connectivity index (χ3n) is 2.26. The second-order valence-electron chi connectivity index (χ2n) is 4.29. The fraction of sp³-hybridized carbons (Fsp3) is 0.462. The summed E-state index contributed by atoms with van der Waals surface area (Å²) in [6.07, 6.45) is -6.20. The number of nitrogens with zero attached hydrogens (tertiary/aromatic N) is 1. The van der Waals surface area contributed by atoms with Crippen molar-refractivity contribution in [3.8, 4) is 0 Å². The Bertz CT molecular complexity index is 404. The predicted octanol–water partition coefficient (Wildman–Crippen LogP) is 3.35. The highest BCUT2D eigenvalue weighted by Crippen LogP contribution is 2.23. The Labute approximate surface area is 110 Å². The van der Waals surface area contributed by atoms with Crippen LogP contribution in [0.3, 0.4) is 0 Å². The Morgan fingerprint density at radius 3 is 2.32 bits per heavy atom. The fourth-order valence-electron chi connectivity index (χ4n) is 1.39. The molecule has 0 spiro atoms. The zero-order chi connectivity index (χ0) is 14.5. The highest BCUT2D eigenvalue weighted by atomic mass is 19.4. The van der Waals surface area contributed by atoms with Gasteiger partial charge in [-0.15, -0.1) is 0 Å². The predicted molar refractivity (Wildman–Crippen MR) is 65.7 cm³/mol. The van der Waals surface area contributed by atoms with Crippen molar-refractivity contribution >= 4 is 11.6 Å². The Balaban J connectivity index is 2.83. The third-order valence-corrected chi connectivity index (χ3v) is 2.26. The number of para-hydroxylation sites is 1. The molecule has 0 N–H and O–H groups in total. The molecule has 1 rings (SSSR count). The minimum atomic E-state index is -4.53. The number of benzene rings is 1. The molecule has 0 saturated heterocycles. The van der Waals surface area contributed by atoms with E-state index in [0.29, 0.717) is 5.69 Å². The first-order chi connectivity index (χ1) is 8.79. The van der Waals surface area contributed by atoms with Crippen LogP contribution in [0.5, 0.6) is 0 Å². The SMILES string of the molecule is CC(C)OCN(C(=O)CC(F)(F)F)c1ccccc1. The van der Waals surface area contributed by atoms with Gasteiger partial charge in [0.25, 0.3) is 0 Å². The lowest BCUT2D eigenvalue weighted by Gasteiger charge is -2.24. The number of carbonyl (C=O) groups is 1. The number of anilines is 1. The van der Waals surface area contributed by atoms with Crippen molar-refractivity contribution in [2.45, 2.75) is 32.5 Å². The lowest BCUT2D eigenvalue weighted by Crippen LogP contribution is -2.36. The fourth-order valence-corrected chi connectivity index (χ4v) is 1.39. The molecule has 1 aromatic carbocycles. The first kappa shape index (κ1) is 15.5. The van der Waals surface area contributed by atoms with E-state index >= 15 is 0 Å². The van der Waals surface area contributed by atoms with Crippen molar-refractivity contribution in [3.63, 3.8) is 0 Å². The maximum atomic E-state index is 12.3. The topological polar surface area (TPSA) is 29.5 Å². The first-order valence-electron chi connectivity index (χ1n) is 5.83. The Morgan fingerprint density at radius 2 is 1.84 bits per heavy atom. The van der Waals surface area contributed by atoms with Gasteiger partial charge < -0.3 is 4.74 Å². The number of alkyl halides is 3. The third kappa shape index (κ3) is 5.74. The summed E-state index contributed by atoms with van der Waals surface area (Å²) in [7, 11) is 0. The summed E-state index contributed by atoms with van der Waals surface area (Å²) in [4.78, 5) is 12.7. The molecule has 0 radical (unpaired) electrons. The molecule has 0 fully saturated rings. The van der Waals surface area contributed by atoms with Crippen LogP contribution in [0.25, 0.3) is 0 Å². The van der Waals surface area contributed by atoms with E-state index in [1.54, 1.807) is 44.2 Å². The molecule has 0 aliphatic carbocycles. The van der Waals surface area contributed by atoms with Crippen molar-refractivity contribution in [1.29, 1.82) is 0 Å². The number of hydrogen-bond donors (Lipinski definition) is 0. The van der Waals surface area contributed by atoms with Crippen molar-refractivity contribution in [2.24, 2.45) is 0 Å². The number of ether oxygens (including phenoxy) is 1. The summed E-state index contributed by atoms with van der Waals surface area (Å²) < 4.78 is 42.1. The molecule has 0 aromatic heterocycles. The van der Waals surface area contributed by atoms with Crippen molar-refractivity contribution in [3.05, 3.63) is 30.3 Å². The summed E-state index contributed by atoms with van der Waals surface area (Å²) in [6, 6.07) is 8.16. The molecule has 0 unspecified atom stereocenters. The van der Waals surface area contributed by atoms with E-state index in [-0.39, 0.29) is 12.8 Å². The number of rotatable bonds is 5. The van der Waals surface area contributed by atoms with Gasteiger partial charge in [0.2, 0.25) is 5.91 Å². The van der Waals surface area contributed by atoms with Gasteiger partial charge in [0.15, 0.2) is 0 Å². The summed E-state index contributed by atoms with van der Waals surface area (Å²) in [5, 5.41) is 0. The largest absolute Gasteiger partial charge is 0.397 e. The highest BCUT2D eigenvalue weighted by Gasteiger charge is 2.34. The molecule has 1 aromatic rings. The van der Waals surface area contributed by atoms with Crippen LogP contribution in [0.4, 0.5) is 18.9 Å². The van der Waals surface area contributed by atoms with Gasteiger partial charge in [0.05, 0.1) is 6.10 Å². The Kier molecular flexibility index (Phi) is 5.35. The molecule has 0 atom stereocenters. The molecule has 0 heterocycles. The molecule has 1 amide bonds. The number of amides is 1. The van der Waals surface area contributed by atoms with Gasteiger partial charge in [0, 0.05) is 5.69 Å². The van der Waals surface area contributed by atoms with Crippen LogP contribution in [-0.4, -0.2) is 24.9 Å². The second-order valence-corrected chi connectivity index (χ2v) is 4.29. The van der Waals surface area contributed by atoms with Crippen LogP contribution in [0.1, 0.15) is 20.3 Å². The number of hydrogen-bond acceptors (Lipinski definition) is 2. The lowest BCUT2D eigenvalue weighted by molar-refractivity contribution is -0.152. The van der Waals surface area contributed by atoms with E-state index in [9.17, 15) is 18.0 Å². The van der Waals surface area contributed by atoms with E-state index < -0.39 is 18.5 Å². The van der Waals surface area contributed by atoms with Gasteiger partial charge in [-0.2, -0.15) is 13.2 Å². The maximum absolute atomic E-state index is 12.3. The van der Waals surface area contributed by atoms with E-state index in [4.69, 9.17) is 4.74 Å². The Morgan fingerprint density at radius 1 is 1.26 bits per heavy atom. The van der Waals surface area contributed by atoms with Gasteiger partial charge in [-0.3, -0.25) is 9.69 Å². The van der Waals surface area contributed by atoms with Crippen molar-refractivity contribution < 1.29 is 22.7 Å². The molecule has 0 saturated carbocycles. The van der Waals surface area contributed by atoms with Gasteiger partial charge in [-0.05, 0) is 26.0 Å². The van der Waals surface area contributed by atoms with E-state index in [1.165, 1.54) is 0 Å². The minimum absolute atomic E-state index is 0.176. The van der Waals surface area contributed by atoms with Crippen LogP contribution in [-0.2, 0) is 9.53 Å². The number of halogens is 3. The standard InChI is InChI=1S/C13H16F3NO2/c1-10(2)19-9-17(11-6-4-3-5-7-11)12(18)8-13(14,15)16/h3-7,10H,8-9H2,1-2H3. The van der Waals surface area contributed by atoms with Crippen LogP contribution in [0.15, 0.2) is 30.3 Å². The maximum Gasteiger partial charge on any atom is 0.397 e.